The summed E-state index contributed by atoms with van der Waals surface area (Å²) in [4.78, 5) is 24.5. The van der Waals surface area contributed by atoms with Crippen molar-refractivity contribution in [3.63, 3.8) is 0 Å². The van der Waals surface area contributed by atoms with Crippen LogP contribution >= 0.6 is 0 Å². The molecule has 37 heavy (non-hydrogen) atoms. The maximum absolute atomic E-state index is 13.4. The first-order chi connectivity index (χ1) is 17.6. The normalized spacial score (nSPS) is 12.5. The number of carboxylic acid groups (broad SMARTS) is 1. The van der Waals surface area contributed by atoms with Gasteiger partial charge in [0.1, 0.15) is 6.67 Å². The number of hydrogen-bond donors (Lipinski definition) is 2. The molecule has 1 aromatic heterocycles. The van der Waals surface area contributed by atoms with Crippen LogP contribution in [0.1, 0.15) is 55.9 Å². The first-order valence-electron chi connectivity index (χ1n) is 11.6. The summed E-state index contributed by atoms with van der Waals surface area (Å²) in [5.74, 6) is -1.46. The van der Waals surface area contributed by atoms with Gasteiger partial charge in [0.15, 0.2) is 0 Å². The largest absolute Gasteiger partial charge is 0.478 e. The molecule has 1 amide bonds. The van der Waals surface area contributed by atoms with Crippen molar-refractivity contribution >= 4 is 22.8 Å². The van der Waals surface area contributed by atoms with E-state index in [2.05, 4.69) is 5.32 Å². The van der Waals surface area contributed by atoms with Crippen LogP contribution in [0, 0.1) is 0 Å². The van der Waals surface area contributed by atoms with E-state index < -0.39 is 36.3 Å². The van der Waals surface area contributed by atoms with Crippen molar-refractivity contribution in [2.75, 3.05) is 6.67 Å². The van der Waals surface area contributed by atoms with Crippen molar-refractivity contribution in [2.45, 2.75) is 32.1 Å². The summed E-state index contributed by atoms with van der Waals surface area (Å²) >= 11 is 0. The Balaban J connectivity index is 1.66. The fraction of sp³-hybridized carbons (Fsp3) is 0.214. The number of rotatable bonds is 8. The quantitative estimate of drug-likeness (QED) is 0.268. The molecule has 0 fully saturated rings. The summed E-state index contributed by atoms with van der Waals surface area (Å²) in [5.41, 5.74) is 2.41. The van der Waals surface area contributed by atoms with Crippen LogP contribution < -0.4 is 5.32 Å². The summed E-state index contributed by atoms with van der Waals surface area (Å²) < 4.78 is 53.8. The fourth-order valence-electron chi connectivity index (χ4n) is 4.33. The number of aromatic carboxylic acids is 1. The van der Waals surface area contributed by atoms with Gasteiger partial charge in [0.2, 0.25) is 0 Å². The van der Waals surface area contributed by atoms with Gasteiger partial charge in [0.25, 0.3) is 5.91 Å². The van der Waals surface area contributed by atoms with Gasteiger partial charge in [-0.15, -0.1) is 0 Å². The monoisotopic (exact) mass is 512 g/mol. The lowest BCUT2D eigenvalue weighted by Crippen LogP contribution is -2.26. The Bertz CT molecular complexity index is 1430. The number of benzene rings is 3. The molecule has 0 unspecified atom stereocenters. The topological polar surface area (TPSA) is 71.3 Å². The third-order valence-electron chi connectivity index (χ3n) is 6.24. The zero-order chi connectivity index (χ0) is 26.7. The van der Waals surface area contributed by atoms with Crippen molar-refractivity contribution in [3.8, 4) is 0 Å². The lowest BCUT2D eigenvalue weighted by Gasteiger charge is -2.15. The van der Waals surface area contributed by atoms with Crippen LogP contribution in [-0.2, 0) is 19.1 Å². The van der Waals surface area contributed by atoms with E-state index in [9.17, 15) is 27.2 Å². The van der Waals surface area contributed by atoms with Gasteiger partial charge in [0, 0.05) is 17.1 Å². The van der Waals surface area contributed by atoms with E-state index in [0.29, 0.717) is 27.6 Å². The SMILES string of the molecule is C[C@H](NC(=O)c1cn(CCF)c2cccc(Cc3ccc(C(F)(F)F)cc3)c12)c1ccc(C(=O)O)cc1. The second kappa shape index (κ2) is 10.5. The molecule has 0 saturated carbocycles. The maximum Gasteiger partial charge on any atom is 0.416 e. The zero-order valence-electron chi connectivity index (χ0n) is 19.8. The molecular weight excluding hydrogens is 488 g/mol. The van der Waals surface area contributed by atoms with Crippen LogP contribution in [0.4, 0.5) is 17.6 Å². The molecule has 192 valence electrons. The van der Waals surface area contributed by atoms with Gasteiger partial charge in [-0.2, -0.15) is 13.2 Å². The van der Waals surface area contributed by atoms with E-state index in [1.165, 1.54) is 24.3 Å². The van der Waals surface area contributed by atoms with Crippen LogP contribution in [-0.4, -0.2) is 28.2 Å². The van der Waals surface area contributed by atoms with Gasteiger partial charge in [-0.3, -0.25) is 4.79 Å². The number of fused-ring (bicyclic) bond motifs is 1. The number of amides is 1. The number of alkyl halides is 4. The van der Waals surface area contributed by atoms with E-state index in [0.717, 1.165) is 17.7 Å². The molecule has 3 aromatic carbocycles. The maximum atomic E-state index is 13.4. The van der Waals surface area contributed by atoms with E-state index in [1.807, 2.05) is 0 Å². The van der Waals surface area contributed by atoms with Crippen molar-refractivity contribution in [1.82, 2.24) is 9.88 Å². The number of carbonyl (C=O) groups is 2. The van der Waals surface area contributed by atoms with E-state index >= 15 is 0 Å². The highest BCUT2D eigenvalue weighted by Gasteiger charge is 2.30. The Labute approximate surface area is 210 Å². The first-order valence-corrected chi connectivity index (χ1v) is 11.6. The predicted molar refractivity (Wildman–Crippen MR) is 131 cm³/mol. The van der Waals surface area contributed by atoms with Gasteiger partial charge in [0.05, 0.1) is 29.3 Å². The second-order valence-corrected chi connectivity index (χ2v) is 8.73. The van der Waals surface area contributed by atoms with E-state index in [-0.39, 0.29) is 18.5 Å². The van der Waals surface area contributed by atoms with Gasteiger partial charge in [-0.25, -0.2) is 9.18 Å². The zero-order valence-corrected chi connectivity index (χ0v) is 19.8. The van der Waals surface area contributed by atoms with E-state index in [1.54, 1.807) is 48.0 Å². The highest BCUT2D eigenvalue weighted by Crippen LogP contribution is 2.31. The minimum atomic E-state index is -4.43. The van der Waals surface area contributed by atoms with Crippen molar-refractivity contribution in [1.29, 1.82) is 0 Å². The molecule has 0 aliphatic rings. The Hall–Kier alpha value is -4.14. The van der Waals surface area contributed by atoms with Gasteiger partial charge in [-0.1, -0.05) is 36.4 Å². The van der Waals surface area contributed by atoms with Crippen LogP contribution in [0.3, 0.4) is 0 Å². The number of carboxylic acids is 1. The minimum absolute atomic E-state index is 0.0414. The summed E-state index contributed by atoms with van der Waals surface area (Å²) in [7, 11) is 0. The summed E-state index contributed by atoms with van der Waals surface area (Å²) in [5, 5.41) is 12.6. The Morgan fingerprint density at radius 2 is 1.68 bits per heavy atom. The number of aryl methyl sites for hydroxylation is 1. The van der Waals surface area contributed by atoms with Crippen molar-refractivity contribution in [2.24, 2.45) is 0 Å². The lowest BCUT2D eigenvalue weighted by molar-refractivity contribution is -0.137. The summed E-state index contributed by atoms with van der Waals surface area (Å²) in [6.07, 6.45) is -2.57. The third-order valence-corrected chi connectivity index (χ3v) is 6.24. The molecule has 0 spiro atoms. The summed E-state index contributed by atoms with van der Waals surface area (Å²) in [6, 6.07) is 15.9. The molecule has 0 radical (unpaired) electrons. The summed E-state index contributed by atoms with van der Waals surface area (Å²) in [6.45, 7) is 1.16. The molecule has 0 aliphatic heterocycles. The Morgan fingerprint density at radius 3 is 2.27 bits per heavy atom. The molecule has 4 rings (SSSR count). The number of hydrogen-bond acceptors (Lipinski definition) is 2. The van der Waals surface area contributed by atoms with Crippen LogP contribution in [0.15, 0.2) is 72.9 Å². The number of halogens is 4. The predicted octanol–water partition coefficient (Wildman–Crippen LogP) is 6.41. The van der Waals surface area contributed by atoms with Crippen LogP contribution in [0.5, 0.6) is 0 Å². The number of aromatic nitrogens is 1. The average Bonchev–Trinajstić information content (AvgIpc) is 3.24. The highest BCUT2D eigenvalue weighted by atomic mass is 19.4. The van der Waals surface area contributed by atoms with Crippen molar-refractivity contribution in [3.05, 3.63) is 106 Å². The average molecular weight is 513 g/mol. The molecule has 5 nitrogen and oxygen atoms in total. The smallest absolute Gasteiger partial charge is 0.416 e. The second-order valence-electron chi connectivity index (χ2n) is 8.73. The first kappa shape index (κ1) is 25.9. The standard InChI is InChI=1S/C28H24F4N2O3/c1-17(19-7-9-20(10-8-19)27(36)37)33-26(35)23-16-34(14-13-29)24-4-2-3-21(25(23)24)15-18-5-11-22(12-6-18)28(30,31)32/h2-12,16-17H,13-15H2,1H3,(H,33,35)(H,36,37)/t17-/m0/s1. The van der Waals surface area contributed by atoms with Gasteiger partial charge < -0.3 is 15.0 Å². The van der Waals surface area contributed by atoms with Gasteiger partial charge in [-0.05, 0) is 60.4 Å². The van der Waals surface area contributed by atoms with Gasteiger partial charge >= 0.3 is 12.1 Å². The minimum Gasteiger partial charge on any atom is -0.478 e. The Kier molecular flexibility index (Phi) is 7.33. The molecule has 9 heteroatoms. The fourth-order valence-corrected chi connectivity index (χ4v) is 4.33. The molecule has 2 N–H and O–H groups in total. The van der Waals surface area contributed by atoms with Crippen LogP contribution in [0.25, 0.3) is 10.9 Å². The molecule has 1 heterocycles. The molecule has 1 atom stereocenters. The Morgan fingerprint density at radius 1 is 1.00 bits per heavy atom. The third kappa shape index (κ3) is 5.66. The molecule has 0 bridgehead atoms. The number of carbonyl (C=O) groups excluding carboxylic acids is 1. The lowest BCUT2D eigenvalue weighted by atomic mass is 9.98. The molecule has 0 aliphatic carbocycles. The van der Waals surface area contributed by atoms with Crippen LogP contribution in [0.2, 0.25) is 0 Å². The van der Waals surface area contributed by atoms with Crippen molar-refractivity contribution < 1.29 is 32.3 Å². The molecule has 4 aromatic rings. The highest BCUT2D eigenvalue weighted by molar-refractivity contribution is 6.08. The number of nitrogens with one attached hydrogen (secondary N) is 1. The molecular formula is C28H24F4N2O3. The molecule has 0 saturated heterocycles. The van der Waals surface area contributed by atoms with E-state index in [4.69, 9.17) is 5.11 Å². The number of nitrogens with zero attached hydrogens (tertiary/aromatic N) is 1.